The van der Waals surface area contributed by atoms with Crippen molar-refractivity contribution in [3.05, 3.63) is 53.6 Å². The SMILES string of the molecule is COc1ccc(OC)c2nc3c(cc12)CCc1c-3[nH]c2ccccc12. The average molecular weight is 330 g/mol. The van der Waals surface area contributed by atoms with E-state index in [1.165, 1.54) is 22.0 Å². The van der Waals surface area contributed by atoms with Gasteiger partial charge >= 0.3 is 0 Å². The fraction of sp³-hybridized carbons (Fsp3) is 0.190. The van der Waals surface area contributed by atoms with Gasteiger partial charge in [0.05, 0.1) is 25.6 Å². The van der Waals surface area contributed by atoms with Gasteiger partial charge in [-0.15, -0.1) is 0 Å². The Labute approximate surface area is 145 Å². The number of H-pyrrole nitrogens is 1. The van der Waals surface area contributed by atoms with Crippen molar-refractivity contribution in [2.45, 2.75) is 12.8 Å². The van der Waals surface area contributed by atoms with Crippen LogP contribution in [0.2, 0.25) is 0 Å². The second kappa shape index (κ2) is 5.24. The highest BCUT2D eigenvalue weighted by molar-refractivity contribution is 5.96. The molecule has 0 amide bonds. The van der Waals surface area contributed by atoms with E-state index < -0.39 is 0 Å². The number of fused-ring (bicyclic) bond motifs is 6. The van der Waals surface area contributed by atoms with Gasteiger partial charge in [0.1, 0.15) is 17.0 Å². The Hall–Kier alpha value is -3.01. The third kappa shape index (κ3) is 1.97. The van der Waals surface area contributed by atoms with Gasteiger partial charge in [-0.3, -0.25) is 0 Å². The van der Waals surface area contributed by atoms with Gasteiger partial charge in [-0.2, -0.15) is 0 Å². The number of hydrogen-bond acceptors (Lipinski definition) is 3. The normalized spacial score (nSPS) is 12.9. The zero-order valence-electron chi connectivity index (χ0n) is 14.2. The number of rotatable bonds is 2. The Morgan fingerprint density at radius 1 is 0.920 bits per heavy atom. The molecule has 0 atom stereocenters. The summed E-state index contributed by atoms with van der Waals surface area (Å²) in [7, 11) is 3.37. The third-order valence-corrected chi connectivity index (χ3v) is 5.12. The van der Waals surface area contributed by atoms with Gasteiger partial charge < -0.3 is 14.5 Å². The number of aromatic amines is 1. The molecular formula is C21H18N2O2. The van der Waals surface area contributed by atoms with Crippen LogP contribution in [0.4, 0.5) is 0 Å². The molecule has 2 heterocycles. The number of aromatic nitrogens is 2. The van der Waals surface area contributed by atoms with E-state index in [0.29, 0.717) is 0 Å². The number of para-hydroxylation sites is 1. The summed E-state index contributed by atoms with van der Waals surface area (Å²) in [4.78, 5) is 8.56. The van der Waals surface area contributed by atoms with Crippen molar-refractivity contribution >= 4 is 21.8 Å². The summed E-state index contributed by atoms with van der Waals surface area (Å²) in [6.45, 7) is 0. The number of methoxy groups -OCH3 is 2. The highest BCUT2D eigenvalue weighted by Crippen LogP contribution is 2.40. The van der Waals surface area contributed by atoms with Crippen molar-refractivity contribution in [1.29, 1.82) is 0 Å². The van der Waals surface area contributed by atoms with Crippen LogP contribution in [0.3, 0.4) is 0 Å². The van der Waals surface area contributed by atoms with Gasteiger partial charge in [0.15, 0.2) is 0 Å². The van der Waals surface area contributed by atoms with Gasteiger partial charge in [0, 0.05) is 16.3 Å². The van der Waals surface area contributed by atoms with Gasteiger partial charge in [-0.25, -0.2) is 4.98 Å². The van der Waals surface area contributed by atoms with Crippen molar-refractivity contribution in [1.82, 2.24) is 9.97 Å². The summed E-state index contributed by atoms with van der Waals surface area (Å²) in [5.41, 5.74) is 6.77. The number of aryl methyl sites for hydroxylation is 2. The molecule has 25 heavy (non-hydrogen) atoms. The van der Waals surface area contributed by atoms with Crippen molar-refractivity contribution in [3.63, 3.8) is 0 Å². The second-order valence-corrected chi connectivity index (χ2v) is 6.39. The molecule has 4 heteroatoms. The lowest BCUT2D eigenvalue weighted by molar-refractivity contribution is 0.409. The second-order valence-electron chi connectivity index (χ2n) is 6.39. The number of benzene rings is 2. The summed E-state index contributed by atoms with van der Waals surface area (Å²) in [6.07, 6.45) is 2.00. The smallest absolute Gasteiger partial charge is 0.145 e. The summed E-state index contributed by atoms with van der Waals surface area (Å²) >= 11 is 0. The van der Waals surface area contributed by atoms with Crippen LogP contribution in [0.25, 0.3) is 33.2 Å². The molecule has 1 aliphatic carbocycles. The summed E-state index contributed by atoms with van der Waals surface area (Å²) in [5, 5.41) is 2.29. The lowest BCUT2D eigenvalue weighted by Crippen LogP contribution is -2.06. The molecular weight excluding hydrogens is 312 g/mol. The summed E-state index contributed by atoms with van der Waals surface area (Å²) in [5.74, 6) is 1.59. The molecule has 1 aliphatic rings. The number of hydrogen-bond donors (Lipinski definition) is 1. The summed E-state index contributed by atoms with van der Waals surface area (Å²) in [6, 6.07) is 14.5. The van der Waals surface area contributed by atoms with E-state index in [4.69, 9.17) is 14.5 Å². The maximum absolute atomic E-state index is 5.54. The third-order valence-electron chi connectivity index (χ3n) is 5.12. The molecule has 0 aliphatic heterocycles. The zero-order chi connectivity index (χ0) is 17.0. The maximum Gasteiger partial charge on any atom is 0.145 e. The van der Waals surface area contributed by atoms with Crippen LogP contribution in [0.5, 0.6) is 11.5 Å². The number of pyridine rings is 1. The molecule has 124 valence electrons. The predicted octanol–water partition coefficient (Wildman–Crippen LogP) is 4.50. The fourth-order valence-corrected chi connectivity index (χ4v) is 3.92. The molecule has 0 spiro atoms. The monoisotopic (exact) mass is 330 g/mol. The zero-order valence-corrected chi connectivity index (χ0v) is 14.2. The van der Waals surface area contributed by atoms with Crippen molar-refractivity contribution < 1.29 is 9.47 Å². The molecule has 0 bridgehead atoms. The van der Waals surface area contributed by atoms with Crippen LogP contribution in [-0.4, -0.2) is 24.2 Å². The first-order chi connectivity index (χ1) is 12.3. The molecule has 0 radical (unpaired) electrons. The molecule has 0 fully saturated rings. The molecule has 4 nitrogen and oxygen atoms in total. The van der Waals surface area contributed by atoms with Crippen molar-refractivity contribution in [3.8, 4) is 22.9 Å². The van der Waals surface area contributed by atoms with Crippen LogP contribution in [0.15, 0.2) is 42.5 Å². The number of nitrogens with one attached hydrogen (secondary N) is 1. The highest BCUT2D eigenvalue weighted by Gasteiger charge is 2.23. The number of ether oxygens (including phenoxy) is 2. The van der Waals surface area contributed by atoms with Crippen LogP contribution in [-0.2, 0) is 12.8 Å². The van der Waals surface area contributed by atoms with E-state index in [-0.39, 0.29) is 0 Å². The Morgan fingerprint density at radius 2 is 1.72 bits per heavy atom. The van der Waals surface area contributed by atoms with Crippen LogP contribution < -0.4 is 9.47 Å². The topological polar surface area (TPSA) is 47.1 Å². The number of nitrogens with zero attached hydrogens (tertiary/aromatic N) is 1. The predicted molar refractivity (Wildman–Crippen MR) is 99.5 cm³/mol. The summed E-state index contributed by atoms with van der Waals surface area (Å²) < 4.78 is 11.1. The Bertz CT molecular complexity index is 1130. The molecule has 5 rings (SSSR count). The molecule has 0 saturated carbocycles. The minimum absolute atomic E-state index is 0.766. The highest BCUT2D eigenvalue weighted by atomic mass is 16.5. The lowest BCUT2D eigenvalue weighted by Gasteiger charge is -2.18. The lowest BCUT2D eigenvalue weighted by atomic mass is 9.91. The van der Waals surface area contributed by atoms with E-state index in [2.05, 4.69) is 35.3 Å². The van der Waals surface area contributed by atoms with Crippen molar-refractivity contribution in [2.75, 3.05) is 14.2 Å². The van der Waals surface area contributed by atoms with Gasteiger partial charge in [-0.1, -0.05) is 18.2 Å². The van der Waals surface area contributed by atoms with Gasteiger partial charge in [0.25, 0.3) is 0 Å². The van der Waals surface area contributed by atoms with Crippen LogP contribution >= 0.6 is 0 Å². The average Bonchev–Trinajstić information content (AvgIpc) is 3.04. The molecule has 2 aromatic heterocycles. The standard InChI is InChI=1S/C21H18N2O2/c1-24-17-9-10-18(25-2)20-15(17)11-12-7-8-14-13-5-3-4-6-16(13)22-21(14)19(12)23-20/h3-6,9-11,22H,7-8H2,1-2H3. The first-order valence-electron chi connectivity index (χ1n) is 8.44. The molecule has 0 saturated heterocycles. The Morgan fingerprint density at radius 3 is 2.56 bits per heavy atom. The quantitative estimate of drug-likeness (QED) is 0.589. The van der Waals surface area contributed by atoms with E-state index in [0.717, 1.165) is 46.6 Å². The Balaban J connectivity index is 1.85. The van der Waals surface area contributed by atoms with E-state index in [1.54, 1.807) is 14.2 Å². The van der Waals surface area contributed by atoms with Crippen LogP contribution in [0.1, 0.15) is 11.1 Å². The van der Waals surface area contributed by atoms with E-state index in [9.17, 15) is 0 Å². The van der Waals surface area contributed by atoms with Gasteiger partial charge in [-0.05, 0) is 48.2 Å². The largest absolute Gasteiger partial charge is 0.496 e. The maximum atomic E-state index is 5.54. The minimum Gasteiger partial charge on any atom is -0.496 e. The first kappa shape index (κ1) is 14.3. The Kier molecular flexibility index (Phi) is 3.01. The molecule has 4 aromatic rings. The van der Waals surface area contributed by atoms with Gasteiger partial charge in [0.2, 0.25) is 0 Å². The van der Waals surface area contributed by atoms with E-state index in [1.807, 2.05) is 12.1 Å². The first-order valence-corrected chi connectivity index (χ1v) is 8.44. The van der Waals surface area contributed by atoms with E-state index >= 15 is 0 Å². The fourth-order valence-electron chi connectivity index (χ4n) is 3.92. The minimum atomic E-state index is 0.766. The van der Waals surface area contributed by atoms with Crippen LogP contribution in [0, 0.1) is 0 Å². The molecule has 2 aromatic carbocycles. The molecule has 0 unspecified atom stereocenters. The van der Waals surface area contributed by atoms with Crippen molar-refractivity contribution in [2.24, 2.45) is 0 Å². The molecule has 1 N–H and O–H groups in total.